The largest absolute Gasteiger partial charge is 0.493 e. The highest BCUT2D eigenvalue weighted by molar-refractivity contribution is 5.96. The molecule has 5 heteroatoms. The number of hydrogen-bond acceptors (Lipinski definition) is 4. The first-order chi connectivity index (χ1) is 11.6. The SMILES string of the molecule is COc1cc(C)c(C(=O)N[C@H](CO)Cc2ccccc2)cc1OC. The topological polar surface area (TPSA) is 67.8 Å². The lowest BCUT2D eigenvalue weighted by atomic mass is 10.0. The molecular formula is C19H23NO4. The van der Waals surface area contributed by atoms with Crippen molar-refractivity contribution in [1.82, 2.24) is 5.32 Å². The monoisotopic (exact) mass is 329 g/mol. The lowest BCUT2D eigenvalue weighted by Gasteiger charge is -2.18. The molecule has 0 aromatic heterocycles. The second kappa shape index (κ2) is 8.36. The van der Waals surface area contributed by atoms with E-state index in [0.29, 0.717) is 23.5 Å². The molecule has 128 valence electrons. The molecule has 0 fully saturated rings. The van der Waals surface area contributed by atoms with Crippen LogP contribution in [0.1, 0.15) is 21.5 Å². The minimum Gasteiger partial charge on any atom is -0.493 e. The Morgan fingerprint density at radius 3 is 2.33 bits per heavy atom. The predicted octanol–water partition coefficient (Wildman–Crippen LogP) is 2.35. The predicted molar refractivity (Wildman–Crippen MR) is 92.8 cm³/mol. The fourth-order valence-corrected chi connectivity index (χ4v) is 2.55. The van der Waals surface area contributed by atoms with Gasteiger partial charge in [-0.1, -0.05) is 30.3 Å². The van der Waals surface area contributed by atoms with E-state index >= 15 is 0 Å². The van der Waals surface area contributed by atoms with E-state index in [1.54, 1.807) is 19.2 Å². The van der Waals surface area contributed by atoms with E-state index in [9.17, 15) is 9.90 Å². The van der Waals surface area contributed by atoms with E-state index in [1.807, 2.05) is 37.3 Å². The second-order valence-electron chi connectivity index (χ2n) is 5.56. The average molecular weight is 329 g/mol. The summed E-state index contributed by atoms with van der Waals surface area (Å²) >= 11 is 0. The maximum atomic E-state index is 12.6. The fraction of sp³-hybridized carbons (Fsp3) is 0.316. The zero-order chi connectivity index (χ0) is 17.5. The van der Waals surface area contributed by atoms with Gasteiger partial charge in [0.25, 0.3) is 5.91 Å². The number of nitrogens with one attached hydrogen (secondary N) is 1. The molecule has 0 saturated carbocycles. The van der Waals surface area contributed by atoms with Crippen LogP contribution in [0.3, 0.4) is 0 Å². The molecule has 1 amide bonds. The Bertz CT molecular complexity index is 685. The third-order valence-electron chi connectivity index (χ3n) is 3.86. The molecule has 0 spiro atoms. The summed E-state index contributed by atoms with van der Waals surface area (Å²) in [4.78, 5) is 12.6. The molecule has 0 bridgehead atoms. The average Bonchev–Trinajstić information content (AvgIpc) is 2.61. The number of benzene rings is 2. The first-order valence-corrected chi connectivity index (χ1v) is 7.77. The summed E-state index contributed by atoms with van der Waals surface area (Å²) in [5.41, 5.74) is 2.33. The van der Waals surface area contributed by atoms with E-state index in [1.165, 1.54) is 7.11 Å². The van der Waals surface area contributed by atoms with Gasteiger partial charge >= 0.3 is 0 Å². The number of carbonyl (C=O) groups excluding carboxylic acids is 1. The number of aliphatic hydroxyl groups is 1. The maximum Gasteiger partial charge on any atom is 0.251 e. The number of aliphatic hydroxyl groups excluding tert-OH is 1. The van der Waals surface area contributed by atoms with E-state index in [4.69, 9.17) is 9.47 Å². The van der Waals surface area contributed by atoms with Gasteiger partial charge in [0, 0.05) is 5.56 Å². The maximum absolute atomic E-state index is 12.6. The van der Waals surface area contributed by atoms with Crippen molar-refractivity contribution >= 4 is 5.91 Å². The van der Waals surface area contributed by atoms with Crippen molar-refractivity contribution in [2.45, 2.75) is 19.4 Å². The van der Waals surface area contributed by atoms with Crippen LogP contribution in [0.4, 0.5) is 0 Å². The summed E-state index contributed by atoms with van der Waals surface area (Å²) < 4.78 is 10.5. The van der Waals surface area contributed by atoms with Gasteiger partial charge in [0.05, 0.1) is 26.9 Å². The van der Waals surface area contributed by atoms with Gasteiger partial charge in [0.2, 0.25) is 0 Å². The van der Waals surface area contributed by atoms with E-state index in [2.05, 4.69) is 5.32 Å². The van der Waals surface area contributed by atoms with Crippen molar-refractivity contribution < 1.29 is 19.4 Å². The zero-order valence-corrected chi connectivity index (χ0v) is 14.2. The Balaban J connectivity index is 2.15. The molecule has 0 unspecified atom stereocenters. The minimum atomic E-state index is -0.354. The van der Waals surface area contributed by atoms with Gasteiger partial charge in [-0.3, -0.25) is 4.79 Å². The first kappa shape index (κ1) is 17.8. The number of rotatable bonds is 7. The summed E-state index contributed by atoms with van der Waals surface area (Å²) in [6.45, 7) is 1.70. The molecule has 2 aromatic rings. The quantitative estimate of drug-likeness (QED) is 0.818. The fourth-order valence-electron chi connectivity index (χ4n) is 2.55. The molecule has 2 aromatic carbocycles. The highest BCUT2D eigenvalue weighted by Gasteiger charge is 2.18. The highest BCUT2D eigenvalue weighted by Crippen LogP contribution is 2.30. The number of amides is 1. The third kappa shape index (κ3) is 4.26. The van der Waals surface area contributed by atoms with Crippen LogP contribution in [0.2, 0.25) is 0 Å². The van der Waals surface area contributed by atoms with Crippen molar-refractivity contribution in [3.8, 4) is 11.5 Å². The Morgan fingerprint density at radius 1 is 1.12 bits per heavy atom. The van der Waals surface area contributed by atoms with Crippen LogP contribution in [0.25, 0.3) is 0 Å². The van der Waals surface area contributed by atoms with Gasteiger partial charge in [0.15, 0.2) is 11.5 Å². The summed E-state index contributed by atoms with van der Waals surface area (Å²) in [7, 11) is 3.08. The molecule has 24 heavy (non-hydrogen) atoms. The Hall–Kier alpha value is -2.53. The number of ether oxygens (including phenoxy) is 2. The molecule has 5 nitrogen and oxygen atoms in total. The van der Waals surface area contributed by atoms with Gasteiger partial charge < -0.3 is 19.9 Å². The summed E-state index contributed by atoms with van der Waals surface area (Å²) in [5, 5.41) is 12.5. The Morgan fingerprint density at radius 2 is 1.75 bits per heavy atom. The molecule has 1 atom stereocenters. The smallest absolute Gasteiger partial charge is 0.251 e. The molecule has 2 rings (SSSR count). The van der Waals surface area contributed by atoms with Crippen LogP contribution in [-0.4, -0.2) is 37.9 Å². The number of hydrogen-bond donors (Lipinski definition) is 2. The van der Waals surface area contributed by atoms with Gasteiger partial charge in [-0.15, -0.1) is 0 Å². The standard InChI is InChI=1S/C19H23NO4/c1-13-9-17(23-2)18(24-3)11-16(13)19(22)20-15(12-21)10-14-7-5-4-6-8-14/h4-9,11,15,21H,10,12H2,1-3H3,(H,20,22)/t15-/m0/s1. The van der Waals surface area contributed by atoms with Crippen molar-refractivity contribution in [3.63, 3.8) is 0 Å². The van der Waals surface area contributed by atoms with Gasteiger partial charge in [-0.2, -0.15) is 0 Å². The lowest BCUT2D eigenvalue weighted by molar-refractivity contribution is 0.0915. The molecule has 0 aliphatic carbocycles. The third-order valence-corrected chi connectivity index (χ3v) is 3.86. The van der Waals surface area contributed by atoms with Crippen molar-refractivity contribution in [1.29, 1.82) is 0 Å². The first-order valence-electron chi connectivity index (χ1n) is 7.77. The summed E-state index contributed by atoms with van der Waals surface area (Å²) in [6.07, 6.45) is 0.565. The van der Waals surface area contributed by atoms with Crippen molar-refractivity contribution in [3.05, 3.63) is 59.2 Å². The van der Waals surface area contributed by atoms with Gasteiger partial charge in [-0.05, 0) is 36.6 Å². The minimum absolute atomic E-state index is 0.132. The number of aryl methyl sites for hydroxylation is 1. The zero-order valence-electron chi connectivity index (χ0n) is 14.2. The van der Waals surface area contributed by atoms with Gasteiger partial charge in [0.1, 0.15) is 0 Å². The molecule has 0 saturated heterocycles. The Labute approximate surface area is 142 Å². The Kier molecular flexibility index (Phi) is 6.21. The van der Waals surface area contributed by atoms with Crippen LogP contribution in [0, 0.1) is 6.92 Å². The van der Waals surface area contributed by atoms with Crippen LogP contribution >= 0.6 is 0 Å². The summed E-state index contributed by atoms with van der Waals surface area (Å²) in [6, 6.07) is 12.8. The highest BCUT2D eigenvalue weighted by atomic mass is 16.5. The van der Waals surface area contributed by atoms with E-state index < -0.39 is 0 Å². The van der Waals surface area contributed by atoms with Gasteiger partial charge in [-0.25, -0.2) is 0 Å². The lowest BCUT2D eigenvalue weighted by Crippen LogP contribution is -2.39. The van der Waals surface area contributed by atoms with Crippen LogP contribution in [0.5, 0.6) is 11.5 Å². The van der Waals surface area contributed by atoms with E-state index in [-0.39, 0.29) is 18.6 Å². The van der Waals surface area contributed by atoms with Crippen LogP contribution < -0.4 is 14.8 Å². The van der Waals surface area contributed by atoms with Crippen LogP contribution in [-0.2, 0) is 6.42 Å². The molecule has 0 heterocycles. The number of methoxy groups -OCH3 is 2. The molecule has 0 aliphatic heterocycles. The molecular weight excluding hydrogens is 306 g/mol. The van der Waals surface area contributed by atoms with E-state index in [0.717, 1.165) is 11.1 Å². The molecule has 0 aliphatic rings. The summed E-state index contributed by atoms with van der Waals surface area (Å²) in [5.74, 6) is 0.829. The second-order valence-corrected chi connectivity index (χ2v) is 5.56. The normalized spacial score (nSPS) is 11.7. The van der Waals surface area contributed by atoms with Crippen molar-refractivity contribution in [2.24, 2.45) is 0 Å². The molecule has 2 N–H and O–H groups in total. The van der Waals surface area contributed by atoms with Crippen molar-refractivity contribution in [2.75, 3.05) is 20.8 Å². The number of carbonyl (C=O) groups is 1. The van der Waals surface area contributed by atoms with Crippen LogP contribution in [0.15, 0.2) is 42.5 Å². The molecule has 0 radical (unpaired) electrons.